The van der Waals surface area contributed by atoms with Crippen molar-refractivity contribution in [1.29, 1.82) is 0 Å². The van der Waals surface area contributed by atoms with Crippen LogP contribution in [0, 0.1) is 0 Å². The van der Waals surface area contributed by atoms with E-state index < -0.39 is 143 Å². The molecule has 0 spiro atoms. The number of aromatic hydroxyl groups is 1. The first-order valence-corrected chi connectivity index (χ1v) is 20.3. The summed E-state index contributed by atoms with van der Waals surface area (Å²) >= 11 is 0. The Balaban J connectivity index is 2.15. The Morgan fingerprint density at radius 1 is 0.500 bits per heavy atom. The minimum atomic E-state index is -5.77. The van der Waals surface area contributed by atoms with E-state index in [9.17, 15) is 89.8 Å². The molecule has 4 aromatic rings. The lowest BCUT2D eigenvalue weighted by atomic mass is 10.1. The van der Waals surface area contributed by atoms with Crippen molar-refractivity contribution in [3.63, 3.8) is 0 Å². The van der Waals surface area contributed by atoms with E-state index in [1.165, 1.54) is 0 Å². The second kappa shape index (κ2) is 13.7. The fourth-order valence-electron chi connectivity index (χ4n) is 4.43. The Morgan fingerprint density at radius 3 is 1.26 bits per heavy atom. The van der Waals surface area contributed by atoms with Crippen LogP contribution in [0.25, 0.3) is 10.8 Å². The van der Waals surface area contributed by atoms with Gasteiger partial charge in [0.1, 0.15) is 36.6 Å². The number of hydrogen-bond acceptors (Lipinski definition) is 18. The summed E-state index contributed by atoms with van der Waals surface area (Å²) in [4.78, 5) is 15.0. The summed E-state index contributed by atoms with van der Waals surface area (Å²) in [5.74, 6) is -4.71. The first kappa shape index (κ1) is 41.2. The zero-order valence-corrected chi connectivity index (χ0v) is 29.5. The van der Waals surface area contributed by atoms with Gasteiger partial charge in [-0.25, -0.2) is 9.59 Å². The van der Waals surface area contributed by atoms with E-state index in [0.29, 0.717) is 18.2 Å². The smallest absolute Gasteiger partial charge is 0.335 e. The SMILES string of the molecule is Nc1c(N=Nc2c(S(=O)(=O)O)cc(S(=O)(=O)O)cc2S(=O)(=O)O)c(S(=O)(=O)O)cc2cc(S(=O)(=O)O)c(N=Nc3cc(C(=O)O)cc(C(=O)O)c3)c(O)c12. The van der Waals surface area contributed by atoms with E-state index in [-0.39, 0.29) is 12.1 Å². The van der Waals surface area contributed by atoms with Crippen molar-refractivity contribution in [3.8, 4) is 5.75 Å². The minimum absolute atomic E-state index is 0.0628. The molecule has 54 heavy (non-hydrogen) atoms. The average molecular weight is 856 g/mol. The van der Waals surface area contributed by atoms with Crippen molar-refractivity contribution >= 4 is 102 Å². The highest BCUT2D eigenvalue weighted by molar-refractivity contribution is 7.88. The van der Waals surface area contributed by atoms with Gasteiger partial charge in [0.15, 0.2) is 5.75 Å². The fraction of sp³-hybridized carbons (Fsp3) is 0. The Labute approximate surface area is 300 Å². The molecule has 30 heteroatoms. The summed E-state index contributed by atoms with van der Waals surface area (Å²) in [5, 5.41) is 41.5. The van der Waals surface area contributed by atoms with Crippen molar-refractivity contribution in [2.24, 2.45) is 20.5 Å². The van der Waals surface area contributed by atoms with Crippen LogP contribution in [-0.2, 0) is 50.6 Å². The molecule has 0 fully saturated rings. The lowest BCUT2D eigenvalue weighted by Crippen LogP contribution is -2.09. The Kier molecular flexibility index (Phi) is 10.4. The summed E-state index contributed by atoms with van der Waals surface area (Å²) in [7, 11) is -28.1. The number of phenols is 1. The Bertz CT molecular complexity index is 2890. The van der Waals surface area contributed by atoms with Crippen LogP contribution in [0.3, 0.4) is 0 Å². The van der Waals surface area contributed by atoms with Gasteiger partial charge in [-0.3, -0.25) is 22.8 Å². The van der Waals surface area contributed by atoms with Crippen molar-refractivity contribution in [3.05, 3.63) is 53.6 Å². The predicted molar refractivity (Wildman–Crippen MR) is 174 cm³/mol. The van der Waals surface area contributed by atoms with Gasteiger partial charge < -0.3 is 21.1 Å². The highest BCUT2D eigenvalue weighted by atomic mass is 32.2. The predicted octanol–water partition coefficient (Wildman–Crippen LogP) is 2.59. The Hall–Kier alpha value is -5.57. The number of carbonyl (C=O) groups is 2. The summed E-state index contributed by atoms with van der Waals surface area (Å²) in [5.41, 5.74) is -1.28. The molecule has 25 nitrogen and oxygen atoms in total. The van der Waals surface area contributed by atoms with Crippen LogP contribution in [0.5, 0.6) is 5.75 Å². The van der Waals surface area contributed by atoms with Crippen LogP contribution in [0.2, 0.25) is 0 Å². The number of benzene rings is 4. The van der Waals surface area contributed by atoms with Crippen LogP contribution in [0.15, 0.2) is 87.4 Å². The van der Waals surface area contributed by atoms with Crippen molar-refractivity contribution in [2.45, 2.75) is 24.5 Å². The molecule has 10 N–H and O–H groups in total. The maximum Gasteiger partial charge on any atom is 0.335 e. The number of anilines is 1. The Morgan fingerprint density at radius 2 is 0.870 bits per heavy atom. The number of carboxylic acids is 2. The van der Waals surface area contributed by atoms with Gasteiger partial charge in [-0.15, -0.1) is 15.3 Å². The van der Waals surface area contributed by atoms with Crippen LogP contribution < -0.4 is 5.73 Å². The fourth-order valence-corrected chi connectivity index (χ4v) is 7.84. The first-order chi connectivity index (χ1) is 24.4. The number of carboxylic acid groups (broad SMARTS) is 2. The van der Waals surface area contributed by atoms with Gasteiger partial charge in [0.2, 0.25) is 0 Å². The standard InChI is InChI=1S/C24H17N5O20S5/c25-18-17-8(5-14(52(41,42)43)21(22(17)30)29-26-11-2-9(23(31)32)1-10(3-11)24(33)34)4-13(51(38,39)40)20(18)28-27-19-15(53(44,45)46)6-12(50(35,36)37)7-16(19)54(47,48)49/h1-7,30H,25H2,(H,31,32)(H,33,34)(H,35,36,37)(H,38,39,40)(H,41,42,43)(H,44,45,46)(H,47,48,49). The molecule has 0 radical (unpaired) electrons. The molecule has 0 heterocycles. The maximum absolute atomic E-state index is 12.4. The third kappa shape index (κ3) is 8.46. The topological polar surface area (TPSA) is 442 Å². The summed E-state index contributed by atoms with van der Waals surface area (Å²) in [6.45, 7) is 0. The largest absolute Gasteiger partial charge is 0.505 e. The van der Waals surface area contributed by atoms with Crippen molar-refractivity contribution < 1.29 is 89.8 Å². The van der Waals surface area contributed by atoms with Gasteiger partial charge in [-0.2, -0.15) is 47.2 Å². The molecule has 288 valence electrons. The van der Waals surface area contributed by atoms with Gasteiger partial charge in [0, 0.05) is 0 Å². The molecule has 0 aliphatic rings. The van der Waals surface area contributed by atoms with Crippen LogP contribution in [0.4, 0.5) is 28.4 Å². The highest BCUT2D eigenvalue weighted by Gasteiger charge is 2.31. The van der Waals surface area contributed by atoms with E-state index in [2.05, 4.69) is 20.5 Å². The molecule has 0 saturated heterocycles. The van der Waals surface area contributed by atoms with E-state index in [0.717, 1.165) is 12.1 Å². The monoisotopic (exact) mass is 855 g/mol. The molecule has 0 saturated carbocycles. The average Bonchev–Trinajstić information content (AvgIpc) is 3.00. The van der Waals surface area contributed by atoms with Crippen LogP contribution >= 0.6 is 0 Å². The number of rotatable bonds is 11. The normalized spacial score (nSPS) is 13.2. The van der Waals surface area contributed by atoms with E-state index in [1.54, 1.807) is 0 Å². The molecule has 0 aliphatic carbocycles. The third-order valence-corrected chi connectivity index (χ3v) is 11.0. The molecule has 0 aromatic heterocycles. The van der Waals surface area contributed by atoms with Crippen LogP contribution in [0.1, 0.15) is 20.7 Å². The first-order valence-electron chi connectivity index (χ1n) is 13.1. The number of nitrogens with zero attached hydrogens (tertiary/aromatic N) is 4. The van der Waals surface area contributed by atoms with E-state index >= 15 is 0 Å². The number of aromatic carboxylic acids is 2. The van der Waals surface area contributed by atoms with E-state index in [1.807, 2.05) is 0 Å². The highest BCUT2D eigenvalue weighted by Crippen LogP contribution is 2.49. The number of nitrogen functional groups attached to an aromatic ring is 1. The molecule has 0 unspecified atom stereocenters. The number of phenolic OH excluding ortho intramolecular Hbond substituents is 1. The third-order valence-electron chi connectivity index (χ3n) is 6.66. The minimum Gasteiger partial charge on any atom is -0.505 e. The number of nitrogens with two attached hydrogens (primary N) is 1. The number of fused-ring (bicyclic) bond motifs is 1. The zero-order valence-electron chi connectivity index (χ0n) is 25.4. The van der Waals surface area contributed by atoms with Crippen molar-refractivity contribution in [1.82, 2.24) is 0 Å². The lowest BCUT2D eigenvalue weighted by Gasteiger charge is -2.14. The van der Waals surface area contributed by atoms with Crippen molar-refractivity contribution in [2.75, 3.05) is 5.73 Å². The molecule has 4 rings (SSSR count). The zero-order chi connectivity index (χ0) is 41.1. The maximum atomic E-state index is 12.4. The number of azo groups is 2. The molecule has 4 aromatic carbocycles. The molecular formula is C24H17N5O20S5. The van der Waals surface area contributed by atoms with Gasteiger partial charge in [-0.05, 0) is 47.9 Å². The second-order valence-corrected chi connectivity index (χ2v) is 17.2. The van der Waals surface area contributed by atoms with Crippen LogP contribution in [-0.4, -0.2) is 92.1 Å². The second-order valence-electron chi connectivity index (χ2n) is 10.2. The molecule has 0 aliphatic heterocycles. The lowest BCUT2D eigenvalue weighted by molar-refractivity contribution is 0.0696. The van der Waals surface area contributed by atoms with Gasteiger partial charge in [-0.1, -0.05) is 0 Å². The summed E-state index contributed by atoms with van der Waals surface area (Å²) < 4.78 is 170. The molecule has 0 bridgehead atoms. The number of hydrogen-bond donors (Lipinski definition) is 9. The van der Waals surface area contributed by atoms with E-state index in [4.69, 9.17) is 5.73 Å². The van der Waals surface area contributed by atoms with Gasteiger partial charge in [0.05, 0.1) is 32.8 Å². The van der Waals surface area contributed by atoms with Gasteiger partial charge >= 0.3 is 11.9 Å². The quantitative estimate of drug-likeness (QED) is 0.0594. The molecule has 0 atom stereocenters. The molecule has 0 amide bonds. The van der Waals surface area contributed by atoms with Gasteiger partial charge in [0.25, 0.3) is 50.6 Å². The summed E-state index contributed by atoms with van der Waals surface area (Å²) in [6, 6.07) is 2.82. The summed E-state index contributed by atoms with van der Waals surface area (Å²) in [6.07, 6.45) is 0. The molecular weight excluding hydrogens is 839 g/mol.